The zero-order valence-electron chi connectivity index (χ0n) is 13.2. The van der Waals surface area contributed by atoms with Crippen molar-refractivity contribution in [1.82, 2.24) is 0 Å². The summed E-state index contributed by atoms with van der Waals surface area (Å²) in [5.41, 5.74) is 3.67. The van der Waals surface area contributed by atoms with E-state index >= 15 is 0 Å². The molecule has 2 nitrogen and oxygen atoms in total. The van der Waals surface area contributed by atoms with E-state index in [1.807, 2.05) is 43.3 Å². The quantitative estimate of drug-likeness (QED) is 0.636. The van der Waals surface area contributed by atoms with Crippen LogP contribution in [-0.4, -0.2) is 0 Å². The fraction of sp³-hybridized carbons (Fsp3) is 0.0952. The lowest BCUT2D eigenvalue weighted by molar-refractivity contribution is 0.227. The van der Waals surface area contributed by atoms with Gasteiger partial charge in [0.15, 0.2) is 0 Å². The van der Waals surface area contributed by atoms with Crippen LogP contribution in [0.4, 0.5) is 4.39 Å². The van der Waals surface area contributed by atoms with Gasteiger partial charge in [-0.2, -0.15) is 5.26 Å². The van der Waals surface area contributed by atoms with Crippen LogP contribution in [0.5, 0.6) is 5.75 Å². The topological polar surface area (TPSA) is 33.0 Å². The molecule has 24 heavy (non-hydrogen) atoms. The van der Waals surface area contributed by atoms with E-state index in [-0.39, 0.29) is 11.9 Å². The summed E-state index contributed by atoms with van der Waals surface area (Å²) < 4.78 is 18.9. The van der Waals surface area contributed by atoms with Crippen LogP contribution >= 0.6 is 0 Å². The molecule has 3 heteroatoms. The molecule has 0 aromatic heterocycles. The average molecular weight is 317 g/mol. The first-order chi connectivity index (χ1) is 11.7. The van der Waals surface area contributed by atoms with E-state index in [0.717, 1.165) is 22.4 Å². The lowest BCUT2D eigenvalue weighted by Crippen LogP contribution is -2.02. The molecule has 3 rings (SSSR count). The molecule has 0 unspecified atom stereocenters. The van der Waals surface area contributed by atoms with Gasteiger partial charge in [0.1, 0.15) is 17.7 Å². The highest BCUT2D eigenvalue weighted by Gasteiger charge is 2.08. The highest BCUT2D eigenvalue weighted by molar-refractivity contribution is 5.64. The molecule has 0 spiro atoms. The molecule has 1 atom stereocenters. The third kappa shape index (κ3) is 3.61. The zero-order valence-corrected chi connectivity index (χ0v) is 13.2. The molecule has 0 saturated carbocycles. The highest BCUT2D eigenvalue weighted by Crippen LogP contribution is 2.26. The molecule has 0 N–H and O–H groups in total. The summed E-state index contributed by atoms with van der Waals surface area (Å²) in [6.45, 7) is 1.93. The number of ether oxygens (including phenoxy) is 1. The number of nitrogens with zero attached hydrogens (tertiary/aromatic N) is 1. The Morgan fingerprint density at radius 2 is 1.38 bits per heavy atom. The van der Waals surface area contributed by atoms with Crippen molar-refractivity contribution in [1.29, 1.82) is 5.26 Å². The molecule has 0 heterocycles. The lowest BCUT2D eigenvalue weighted by atomic mass is 10.0. The summed E-state index contributed by atoms with van der Waals surface area (Å²) in [5, 5.41) is 8.84. The summed E-state index contributed by atoms with van der Waals surface area (Å²) in [5.74, 6) is 0.502. The average Bonchev–Trinajstić information content (AvgIpc) is 2.63. The summed E-state index contributed by atoms with van der Waals surface area (Å²) in [4.78, 5) is 0. The number of benzene rings is 3. The number of hydrogen-bond donors (Lipinski definition) is 0. The van der Waals surface area contributed by atoms with Gasteiger partial charge in [0.2, 0.25) is 0 Å². The maximum Gasteiger partial charge on any atom is 0.123 e. The van der Waals surface area contributed by atoms with E-state index in [9.17, 15) is 4.39 Å². The summed E-state index contributed by atoms with van der Waals surface area (Å²) >= 11 is 0. The minimum Gasteiger partial charge on any atom is -0.486 e. The van der Waals surface area contributed by atoms with E-state index in [0.29, 0.717) is 5.56 Å². The Morgan fingerprint density at radius 3 is 1.92 bits per heavy atom. The maximum atomic E-state index is 13.0. The van der Waals surface area contributed by atoms with E-state index < -0.39 is 0 Å². The van der Waals surface area contributed by atoms with E-state index in [4.69, 9.17) is 10.00 Å². The first-order valence-electron chi connectivity index (χ1n) is 7.68. The third-order valence-electron chi connectivity index (χ3n) is 3.85. The van der Waals surface area contributed by atoms with Crippen molar-refractivity contribution >= 4 is 0 Å². The van der Waals surface area contributed by atoms with E-state index in [1.165, 1.54) is 12.1 Å². The van der Waals surface area contributed by atoms with Gasteiger partial charge >= 0.3 is 0 Å². The van der Waals surface area contributed by atoms with E-state index in [2.05, 4.69) is 6.07 Å². The Hall–Kier alpha value is -3.12. The van der Waals surface area contributed by atoms with Crippen LogP contribution in [0.25, 0.3) is 11.1 Å². The zero-order chi connectivity index (χ0) is 16.9. The highest BCUT2D eigenvalue weighted by atomic mass is 19.1. The SMILES string of the molecule is C[C@@H](Oc1ccc(-c2ccc(C#N)cc2)cc1)c1ccc(F)cc1. The van der Waals surface area contributed by atoms with Crippen molar-refractivity contribution in [3.8, 4) is 22.9 Å². The van der Waals surface area contributed by atoms with Gasteiger partial charge in [-0.1, -0.05) is 36.4 Å². The van der Waals surface area contributed by atoms with Crippen LogP contribution in [-0.2, 0) is 0 Å². The van der Waals surface area contributed by atoms with E-state index in [1.54, 1.807) is 24.3 Å². The van der Waals surface area contributed by atoms with Crippen LogP contribution in [0.1, 0.15) is 24.2 Å². The first kappa shape index (κ1) is 15.8. The molecule has 0 bridgehead atoms. The fourth-order valence-corrected chi connectivity index (χ4v) is 2.47. The van der Waals surface area contributed by atoms with Crippen molar-refractivity contribution < 1.29 is 9.13 Å². The largest absolute Gasteiger partial charge is 0.486 e. The Labute approximate surface area is 140 Å². The van der Waals surface area contributed by atoms with Crippen molar-refractivity contribution in [2.45, 2.75) is 13.0 Å². The molecular weight excluding hydrogens is 301 g/mol. The maximum absolute atomic E-state index is 13.0. The van der Waals surface area contributed by atoms with Crippen LogP contribution in [0.2, 0.25) is 0 Å². The molecule has 0 fully saturated rings. The van der Waals surface area contributed by atoms with Gasteiger partial charge in [-0.25, -0.2) is 4.39 Å². The third-order valence-corrected chi connectivity index (χ3v) is 3.85. The normalized spacial score (nSPS) is 11.5. The second kappa shape index (κ2) is 6.97. The van der Waals surface area contributed by atoms with Gasteiger partial charge in [0.05, 0.1) is 11.6 Å². The molecule has 0 saturated heterocycles. The summed E-state index contributed by atoms with van der Waals surface area (Å²) in [6, 6.07) is 23.7. The standard InChI is InChI=1S/C21H16FNO/c1-15(17-6-10-20(22)11-7-17)24-21-12-8-19(9-13-21)18-4-2-16(14-23)3-5-18/h2-13,15H,1H3/t15-/m1/s1. The first-order valence-corrected chi connectivity index (χ1v) is 7.68. The van der Waals surface area contributed by atoms with Crippen LogP contribution in [0.15, 0.2) is 72.8 Å². The lowest BCUT2D eigenvalue weighted by Gasteiger charge is -2.15. The molecule has 0 aliphatic carbocycles. The predicted octanol–water partition coefficient (Wildman–Crippen LogP) is 5.50. The molecule has 0 aliphatic heterocycles. The minimum atomic E-state index is -0.252. The second-order valence-corrected chi connectivity index (χ2v) is 5.53. The molecule has 0 amide bonds. The molecule has 0 aliphatic rings. The summed E-state index contributed by atoms with van der Waals surface area (Å²) in [7, 11) is 0. The predicted molar refractivity (Wildman–Crippen MR) is 92.0 cm³/mol. The number of halogens is 1. The van der Waals surface area contributed by atoms with Gasteiger partial charge in [0, 0.05) is 0 Å². The van der Waals surface area contributed by atoms with Crippen molar-refractivity contribution in [3.63, 3.8) is 0 Å². The number of rotatable bonds is 4. The van der Waals surface area contributed by atoms with Gasteiger partial charge in [-0.15, -0.1) is 0 Å². The van der Waals surface area contributed by atoms with Gasteiger partial charge in [-0.3, -0.25) is 0 Å². The molecule has 3 aromatic rings. The molecule has 0 radical (unpaired) electrons. The van der Waals surface area contributed by atoms with Crippen molar-refractivity contribution in [3.05, 3.63) is 89.7 Å². The van der Waals surface area contributed by atoms with Crippen LogP contribution < -0.4 is 4.74 Å². The Bertz CT molecular complexity index is 846. The number of nitriles is 1. The van der Waals surface area contributed by atoms with Crippen LogP contribution in [0, 0.1) is 17.1 Å². The van der Waals surface area contributed by atoms with Crippen molar-refractivity contribution in [2.75, 3.05) is 0 Å². The van der Waals surface area contributed by atoms with Gasteiger partial charge in [0.25, 0.3) is 0 Å². The number of hydrogen-bond acceptors (Lipinski definition) is 2. The Kier molecular flexibility index (Phi) is 4.58. The fourth-order valence-electron chi connectivity index (χ4n) is 2.47. The monoisotopic (exact) mass is 317 g/mol. The molecule has 118 valence electrons. The van der Waals surface area contributed by atoms with Gasteiger partial charge in [-0.05, 0) is 60.0 Å². The minimum absolute atomic E-state index is 0.161. The van der Waals surface area contributed by atoms with Crippen molar-refractivity contribution in [2.24, 2.45) is 0 Å². The van der Waals surface area contributed by atoms with Crippen LogP contribution in [0.3, 0.4) is 0 Å². The Morgan fingerprint density at radius 1 is 0.833 bits per heavy atom. The molecular formula is C21H16FNO. The smallest absolute Gasteiger partial charge is 0.123 e. The Balaban J connectivity index is 1.72. The second-order valence-electron chi connectivity index (χ2n) is 5.53. The van der Waals surface area contributed by atoms with Gasteiger partial charge < -0.3 is 4.74 Å². The summed E-state index contributed by atoms with van der Waals surface area (Å²) in [6.07, 6.45) is -0.161. The molecule has 3 aromatic carbocycles.